The maximum atomic E-state index is 12.0. The molecule has 1 aromatic rings. The molecule has 0 heterocycles. The molecule has 1 fully saturated rings. The molecule has 0 spiro atoms. The van der Waals surface area contributed by atoms with Gasteiger partial charge in [0.2, 0.25) is 0 Å². The average Bonchev–Trinajstić information content (AvgIpc) is 3.20. The van der Waals surface area contributed by atoms with Crippen LogP contribution in [-0.2, 0) is 0 Å². The number of carbonyl (C=O) groups is 1. The van der Waals surface area contributed by atoms with Crippen molar-refractivity contribution in [1.82, 2.24) is 5.32 Å². The zero-order chi connectivity index (χ0) is 13.8. The lowest BCUT2D eigenvalue weighted by Crippen LogP contribution is -2.38. The van der Waals surface area contributed by atoms with Crippen LogP contribution in [0.25, 0.3) is 0 Å². The predicted octanol–water partition coefficient (Wildman–Crippen LogP) is 2.18. The SMILES string of the molecule is Cl.NC(CNC(=O)c1ccc(OC(F)F)cc1)C1CC1. The highest BCUT2D eigenvalue weighted by atomic mass is 35.5. The Morgan fingerprint density at radius 2 is 1.95 bits per heavy atom. The summed E-state index contributed by atoms with van der Waals surface area (Å²) in [7, 11) is 0. The third-order valence-electron chi connectivity index (χ3n) is 3.07. The van der Waals surface area contributed by atoms with Crippen LogP contribution in [0.5, 0.6) is 5.75 Å². The highest BCUT2D eigenvalue weighted by molar-refractivity contribution is 5.94. The highest BCUT2D eigenvalue weighted by Crippen LogP contribution is 2.31. The van der Waals surface area contributed by atoms with Crippen LogP contribution in [-0.4, -0.2) is 25.1 Å². The zero-order valence-corrected chi connectivity index (χ0v) is 11.5. The molecule has 4 nitrogen and oxygen atoms in total. The lowest BCUT2D eigenvalue weighted by atomic mass is 10.1. The lowest BCUT2D eigenvalue weighted by Gasteiger charge is -2.11. The van der Waals surface area contributed by atoms with Gasteiger partial charge in [-0.15, -0.1) is 12.4 Å². The topological polar surface area (TPSA) is 64.3 Å². The average molecular weight is 307 g/mol. The van der Waals surface area contributed by atoms with E-state index >= 15 is 0 Å². The zero-order valence-electron chi connectivity index (χ0n) is 10.7. The van der Waals surface area contributed by atoms with E-state index < -0.39 is 6.61 Å². The van der Waals surface area contributed by atoms with Crippen molar-refractivity contribution in [3.05, 3.63) is 29.8 Å². The van der Waals surface area contributed by atoms with Crippen LogP contribution in [0, 0.1) is 5.92 Å². The Kier molecular flexibility index (Phi) is 6.16. The van der Waals surface area contributed by atoms with E-state index in [1.165, 1.54) is 24.3 Å². The van der Waals surface area contributed by atoms with Gasteiger partial charge in [-0.25, -0.2) is 0 Å². The predicted molar refractivity (Wildman–Crippen MR) is 73.4 cm³/mol. The number of hydrogen-bond acceptors (Lipinski definition) is 3. The van der Waals surface area contributed by atoms with E-state index in [0.29, 0.717) is 18.0 Å². The van der Waals surface area contributed by atoms with E-state index in [9.17, 15) is 13.6 Å². The first-order valence-corrected chi connectivity index (χ1v) is 6.15. The molecule has 2 rings (SSSR count). The Morgan fingerprint density at radius 3 is 2.45 bits per heavy atom. The van der Waals surface area contributed by atoms with Gasteiger partial charge < -0.3 is 15.8 Å². The summed E-state index contributed by atoms with van der Waals surface area (Å²) in [4.78, 5) is 11.8. The van der Waals surface area contributed by atoms with E-state index in [-0.39, 0.29) is 30.1 Å². The highest BCUT2D eigenvalue weighted by Gasteiger charge is 2.28. The van der Waals surface area contributed by atoms with Gasteiger partial charge in [0, 0.05) is 18.2 Å². The number of amides is 1. The van der Waals surface area contributed by atoms with Crippen molar-refractivity contribution in [3.8, 4) is 5.75 Å². The van der Waals surface area contributed by atoms with Crippen molar-refractivity contribution < 1.29 is 18.3 Å². The van der Waals surface area contributed by atoms with Crippen molar-refractivity contribution >= 4 is 18.3 Å². The van der Waals surface area contributed by atoms with Gasteiger partial charge in [-0.2, -0.15) is 8.78 Å². The standard InChI is InChI=1S/C13H16F2N2O2.ClH/c14-13(15)19-10-5-3-9(4-6-10)12(18)17-7-11(16)8-1-2-8;/h3-6,8,11,13H,1-2,7,16H2,(H,17,18);1H. The summed E-state index contributed by atoms with van der Waals surface area (Å²) >= 11 is 0. The number of benzene rings is 1. The molecule has 1 unspecified atom stereocenters. The molecule has 1 aliphatic rings. The molecule has 1 aromatic carbocycles. The first-order valence-electron chi connectivity index (χ1n) is 6.15. The molecule has 0 bridgehead atoms. The van der Waals surface area contributed by atoms with Crippen LogP contribution in [0.15, 0.2) is 24.3 Å². The molecule has 0 saturated heterocycles. The number of nitrogens with two attached hydrogens (primary N) is 1. The Bertz CT molecular complexity index is 439. The molecule has 1 atom stereocenters. The van der Waals surface area contributed by atoms with Crippen LogP contribution in [0.2, 0.25) is 0 Å². The van der Waals surface area contributed by atoms with Crippen LogP contribution in [0.3, 0.4) is 0 Å². The number of rotatable bonds is 6. The molecule has 3 N–H and O–H groups in total. The lowest BCUT2D eigenvalue weighted by molar-refractivity contribution is -0.0498. The van der Waals surface area contributed by atoms with Crippen LogP contribution in [0.1, 0.15) is 23.2 Å². The maximum absolute atomic E-state index is 12.0. The summed E-state index contributed by atoms with van der Waals surface area (Å²) in [5.41, 5.74) is 6.26. The van der Waals surface area contributed by atoms with Gasteiger partial charge in [-0.3, -0.25) is 4.79 Å². The number of carbonyl (C=O) groups excluding carboxylic acids is 1. The van der Waals surface area contributed by atoms with E-state index in [0.717, 1.165) is 12.8 Å². The second kappa shape index (κ2) is 7.40. The summed E-state index contributed by atoms with van der Waals surface area (Å²) in [6.07, 6.45) is 2.24. The van der Waals surface area contributed by atoms with Gasteiger partial charge in [-0.05, 0) is 43.0 Å². The van der Waals surface area contributed by atoms with Gasteiger partial charge in [0.15, 0.2) is 0 Å². The fraction of sp³-hybridized carbons (Fsp3) is 0.462. The third kappa shape index (κ3) is 4.94. The van der Waals surface area contributed by atoms with Crippen molar-refractivity contribution in [2.75, 3.05) is 6.54 Å². The Hall–Kier alpha value is -1.40. The molecule has 112 valence electrons. The van der Waals surface area contributed by atoms with Gasteiger partial charge >= 0.3 is 6.61 Å². The third-order valence-corrected chi connectivity index (χ3v) is 3.07. The van der Waals surface area contributed by atoms with Gasteiger partial charge in [0.1, 0.15) is 5.75 Å². The Morgan fingerprint density at radius 1 is 1.35 bits per heavy atom. The monoisotopic (exact) mass is 306 g/mol. The van der Waals surface area contributed by atoms with E-state index in [4.69, 9.17) is 5.73 Å². The maximum Gasteiger partial charge on any atom is 0.387 e. The summed E-state index contributed by atoms with van der Waals surface area (Å²) in [6, 6.07) is 5.54. The van der Waals surface area contributed by atoms with Crippen LogP contribution in [0.4, 0.5) is 8.78 Å². The van der Waals surface area contributed by atoms with E-state index in [1.54, 1.807) is 0 Å². The number of ether oxygens (including phenoxy) is 1. The van der Waals surface area contributed by atoms with Crippen LogP contribution < -0.4 is 15.8 Å². The first-order chi connectivity index (χ1) is 9.06. The first kappa shape index (κ1) is 16.7. The Labute approximate surface area is 122 Å². The van der Waals surface area contributed by atoms with E-state index in [1.807, 2.05) is 0 Å². The normalized spacial score (nSPS) is 15.4. The fourth-order valence-corrected chi connectivity index (χ4v) is 1.79. The van der Waals surface area contributed by atoms with Crippen molar-refractivity contribution in [1.29, 1.82) is 0 Å². The molecule has 0 aliphatic heterocycles. The van der Waals surface area contributed by atoms with E-state index in [2.05, 4.69) is 10.1 Å². The minimum atomic E-state index is -2.86. The van der Waals surface area contributed by atoms with Crippen molar-refractivity contribution in [2.45, 2.75) is 25.5 Å². The molecule has 1 aliphatic carbocycles. The second-order valence-corrected chi connectivity index (χ2v) is 4.61. The fourth-order valence-electron chi connectivity index (χ4n) is 1.79. The molecule has 1 amide bonds. The number of alkyl halides is 2. The van der Waals surface area contributed by atoms with Crippen molar-refractivity contribution in [2.24, 2.45) is 11.7 Å². The molecule has 20 heavy (non-hydrogen) atoms. The number of nitrogens with one attached hydrogen (secondary N) is 1. The molecule has 7 heteroatoms. The largest absolute Gasteiger partial charge is 0.435 e. The van der Waals surface area contributed by atoms with Gasteiger partial charge in [0.05, 0.1) is 0 Å². The Balaban J connectivity index is 0.00000200. The molecular formula is C13H17ClF2N2O2. The molecule has 1 saturated carbocycles. The minimum Gasteiger partial charge on any atom is -0.435 e. The summed E-state index contributed by atoms with van der Waals surface area (Å²) < 4.78 is 28.1. The van der Waals surface area contributed by atoms with Crippen LogP contribution >= 0.6 is 12.4 Å². The van der Waals surface area contributed by atoms with Gasteiger partial charge in [-0.1, -0.05) is 0 Å². The minimum absolute atomic E-state index is 0. The summed E-state index contributed by atoms with van der Waals surface area (Å²) in [6.45, 7) is -2.44. The number of halogens is 3. The molecule has 0 radical (unpaired) electrons. The summed E-state index contributed by atoms with van der Waals surface area (Å²) in [5, 5.41) is 2.73. The smallest absolute Gasteiger partial charge is 0.387 e. The molecular weight excluding hydrogens is 290 g/mol. The quantitative estimate of drug-likeness (QED) is 0.846. The van der Waals surface area contributed by atoms with Gasteiger partial charge in [0.25, 0.3) is 5.91 Å². The number of hydrogen-bond donors (Lipinski definition) is 2. The second-order valence-electron chi connectivity index (χ2n) is 4.61. The molecule has 0 aromatic heterocycles. The van der Waals surface area contributed by atoms with Crippen molar-refractivity contribution in [3.63, 3.8) is 0 Å². The summed E-state index contributed by atoms with van der Waals surface area (Å²) in [5.74, 6) is 0.281.